The Hall–Kier alpha value is -3.08. The van der Waals surface area contributed by atoms with Crippen LogP contribution in [0.1, 0.15) is 11.3 Å². The third-order valence-electron chi connectivity index (χ3n) is 3.33. The average molecular weight is 307 g/mol. The van der Waals surface area contributed by atoms with E-state index in [1.807, 2.05) is 24.3 Å². The second-order valence-corrected chi connectivity index (χ2v) is 5.07. The van der Waals surface area contributed by atoms with Gasteiger partial charge in [0.05, 0.1) is 22.9 Å². The first-order valence-corrected chi connectivity index (χ1v) is 7.09. The quantitative estimate of drug-likeness (QED) is 0.750. The molecular formula is C18H14FN3O. The fourth-order valence-electron chi connectivity index (χ4n) is 2.12. The van der Waals surface area contributed by atoms with Crippen molar-refractivity contribution in [2.75, 3.05) is 5.32 Å². The van der Waals surface area contributed by atoms with Crippen LogP contribution >= 0.6 is 0 Å². The summed E-state index contributed by atoms with van der Waals surface area (Å²) in [6, 6.07) is 11.8. The van der Waals surface area contributed by atoms with Crippen molar-refractivity contribution in [2.45, 2.75) is 6.92 Å². The molecular weight excluding hydrogens is 293 g/mol. The van der Waals surface area contributed by atoms with E-state index in [1.165, 1.54) is 18.2 Å². The molecule has 0 aliphatic carbocycles. The number of fused-ring (bicyclic) bond motifs is 1. The number of nitrogens with one attached hydrogen (secondary N) is 1. The number of carbonyl (C=O) groups excluding carboxylic acids is 1. The number of anilines is 1. The van der Waals surface area contributed by atoms with Crippen molar-refractivity contribution in [3.05, 3.63) is 71.8 Å². The number of rotatable bonds is 3. The molecule has 3 rings (SSSR count). The smallest absolute Gasteiger partial charge is 0.248 e. The summed E-state index contributed by atoms with van der Waals surface area (Å²) in [5.41, 5.74) is 3.37. The number of para-hydroxylation sites is 2. The molecule has 1 N–H and O–H groups in total. The number of hydrogen-bond donors (Lipinski definition) is 1. The van der Waals surface area contributed by atoms with Crippen molar-refractivity contribution in [2.24, 2.45) is 0 Å². The third-order valence-corrected chi connectivity index (χ3v) is 3.33. The molecule has 0 atom stereocenters. The molecule has 1 heterocycles. The fourth-order valence-corrected chi connectivity index (χ4v) is 2.12. The Kier molecular flexibility index (Phi) is 4.10. The highest BCUT2D eigenvalue weighted by Crippen LogP contribution is 2.16. The van der Waals surface area contributed by atoms with Gasteiger partial charge in [0.1, 0.15) is 5.82 Å². The zero-order valence-corrected chi connectivity index (χ0v) is 12.5. The molecule has 4 nitrogen and oxygen atoms in total. The molecule has 2 aromatic carbocycles. The van der Waals surface area contributed by atoms with E-state index in [0.29, 0.717) is 11.4 Å². The molecule has 0 aliphatic heterocycles. The highest BCUT2D eigenvalue weighted by Gasteiger charge is 2.03. The largest absolute Gasteiger partial charge is 0.322 e. The molecule has 0 unspecified atom stereocenters. The molecule has 5 heteroatoms. The topological polar surface area (TPSA) is 54.9 Å². The molecule has 0 spiro atoms. The van der Waals surface area contributed by atoms with Gasteiger partial charge in [-0.2, -0.15) is 0 Å². The van der Waals surface area contributed by atoms with Gasteiger partial charge in [-0.1, -0.05) is 18.2 Å². The van der Waals surface area contributed by atoms with Gasteiger partial charge in [0, 0.05) is 11.8 Å². The molecule has 0 fully saturated rings. The van der Waals surface area contributed by atoms with Crippen LogP contribution in [0.4, 0.5) is 10.1 Å². The predicted octanol–water partition coefficient (Wildman–Crippen LogP) is 3.73. The van der Waals surface area contributed by atoms with Gasteiger partial charge in [0.15, 0.2) is 0 Å². The summed E-state index contributed by atoms with van der Waals surface area (Å²) < 4.78 is 13.2. The minimum Gasteiger partial charge on any atom is -0.322 e. The van der Waals surface area contributed by atoms with E-state index < -0.39 is 5.82 Å². The summed E-state index contributed by atoms with van der Waals surface area (Å²) in [5, 5.41) is 2.64. The first-order valence-electron chi connectivity index (χ1n) is 7.09. The van der Waals surface area contributed by atoms with Crippen molar-refractivity contribution in [3.8, 4) is 0 Å². The Labute approximate surface area is 132 Å². The van der Waals surface area contributed by atoms with Gasteiger partial charge < -0.3 is 5.32 Å². The second-order valence-electron chi connectivity index (χ2n) is 5.07. The van der Waals surface area contributed by atoms with Gasteiger partial charge in [-0.25, -0.2) is 9.37 Å². The lowest BCUT2D eigenvalue weighted by Gasteiger charge is -2.06. The van der Waals surface area contributed by atoms with E-state index in [1.54, 1.807) is 25.3 Å². The number of carbonyl (C=O) groups is 1. The maximum atomic E-state index is 13.2. The Balaban J connectivity index is 1.75. The minimum absolute atomic E-state index is 0.353. The normalized spacial score (nSPS) is 11.0. The van der Waals surface area contributed by atoms with Crippen molar-refractivity contribution >= 4 is 28.7 Å². The van der Waals surface area contributed by atoms with Crippen LogP contribution in [-0.4, -0.2) is 15.9 Å². The summed E-state index contributed by atoms with van der Waals surface area (Å²) in [6.45, 7) is 1.80. The highest BCUT2D eigenvalue weighted by atomic mass is 19.1. The van der Waals surface area contributed by atoms with Crippen molar-refractivity contribution < 1.29 is 9.18 Å². The summed E-state index contributed by atoms with van der Waals surface area (Å²) in [6.07, 6.45) is 4.52. The highest BCUT2D eigenvalue weighted by molar-refractivity contribution is 6.02. The standard InChI is InChI=1S/C18H14FN3O/c1-12-6-7-13(19)10-17(12)22-18(23)9-8-14-11-20-15-4-2-3-5-16(15)21-14/h2-11H,1H3,(H,22,23)/b9-8+. The van der Waals surface area contributed by atoms with Crippen molar-refractivity contribution in [1.82, 2.24) is 9.97 Å². The lowest BCUT2D eigenvalue weighted by molar-refractivity contribution is -0.111. The molecule has 0 bridgehead atoms. The minimum atomic E-state index is -0.393. The van der Waals surface area contributed by atoms with Gasteiger partial charge in [-0.05, 0) is 42.8 Å². The predicted molar refractivity (Wildman–Crippen MR) is 88.3 cm³/mol. The fraction of sp³-hybridized carbons (Fsp3) is 0.0556. The summed E-state index contributed by atoms with van der Waals surface area (Å²) in [5.74, 6) is -0.746. The number of amides is 1. The second kappa shape index (κ2) is 6.36. The molecule has 0 saturated carbocycles. The van der Waals surface area contributed by atoms with E-state index in [-0.39, 0.29) is 5.91 Å². The average Bonchev–Trinajstić information content (AvgIpc) is 2.56. The van der Waals surface area contributed by atoms with Gasteiger partial charge >= 0.3 is 0 Å². The van der Waals surface area contributed by atoms with Crippen LogP contribution in [0.2, 0.25) is 0 Å². The van der Waals surface area contributed by atoms with Crippen LogP contribution in [0.3, 0.4) is 0 Å². The number of aromatic nitrogens is 2. The first kappa shape index (κ1) is 14.8. The summed E-state index contributed by atoms with van der Waals surface area (Å²) in [4.78, 5) is 20.6. The van der Waals surface area contributed by atoms with E-state index in [9.17, 15) is 9.18 Å². The zero-order valence-electron chi connectivity index (χ0n) is 12.5. The van der Waals surface area contributed by atoms with Gasteiger partial charge in [-0.15, -0.1) is 0 Å². The maximum absolute atomic E-state index is 13.2. The Bertz CT molecular complexity index is 906. The van der Waals surface area contributed by atoms with Crippen LogP contribution in [-0.2, 0) is 4.79 Å². The number of hydrogen-bond acceptors (Lipinski definition) is 3. The number of halogens is 1. The van der Waals surface area contributed by atoms with Gasteiger partial charge in [-0.3, -0.25) is 9.78 Å². The van der Waals surface area contributed by atoms with Gasteiger partial charge in [0.25, 0.3) is 0 Å². The first-order chi connectivity index (χ1) is 11.1. The number of aryl methyl sites for hydroxylation is 1. The SMILES string of the molecule is Cc1ccc(F)cc1NC(=O)/C=C/c1cnc2ccccc2n1. The van der Waals surface area contributed by atoms with Gasteiger partial charge in [0.2, 0.25) is 5.91 Å². The third kappa shape index (κ3) is 3.58. The molecule has 23 heavy (non-hydrogen) atoms. The van der Waals surface area contributed by atoms with Crippen LogP contribution in [0.15, 0.2) is 54.7 Å². The van der Waals surface area contributed by atoms with E-state index in [4.69, 9.17) is 0 Å². The molecule has 1 aromatic heterocycles. The maximum Gasteiger partial charge on any atom is 0.248 e. The monoisotopic (exact) mass is 307 g/mol. The van der Waals surface area contributed by atoms with Crippen LogP contribution < -0.4 is 5.32 Å². The molecule has 0 aliphatic rings. The lowest BCUT2D eigenvalue weighted by Crippen LogP contribution is -2.09. The molecule has 0 radical (unpaired) electrons. The van der Waals surface area contributed by atoms with Crippen molar-refractivity contribution in [1.29, 1.82) is 0 Å². The lowest BCUT2D eigenvalue weighted by atomic mass is 10.2. The Morgan fingerprint density at radius 2 is 1.96 bits per heavy atom. The van der Waals surface area contributed by atoms with E-state index in [0.717, 1.165) is 16.6 Å². The number of nitrogens with zero attached hydrogens (tertiary/aromatic N) is 2. The zero-order chi connectivity index (χ0) is 16.2. The Morgan fingerprint density at radius 1 is 1.17 bits per heavy atom. The van der Waals surface area contributed by atoms with Crippen molar-refractivity contribution in [3.63, 3.8) is 0 Å². The van der Waals surface area contributed by atoms with Crippen LogP contribution in [0.25, 0.3) is 17.1 Å². The molecule has 0 saturated heterocycles. The van der Waals surface area contributed by atoms with Crippen LogP contribution in [0, 0.1) is 12.7 Å². The molecule has 3 aromatic rings. The van der Waals surface area contributed by atoms with Crippen LogP contribution in [0.5, 0.6) is 0 Å². The Morgan fingerprint density at radius 3 is 2.78 bits per heavy atom. The van der Waals surface area contributed by atoms with E-state index >= 15 is 0 Å². The van der Waals surface area contributed by atoms with E-state index in [2.05, 4.69) is 15.3 Å². The molecule has 114 valence electrons. The number of benzene rings is 2. The summed E-state index contributed by atoms with van der Waals surface area (Å²) >= 11 is 0. The summed E-state index contributed by atoms with van der Waals surface area (Å²) in [7, 11) is 0. The molecule has 1 amide bonds.